The molecule has 1 aromatic heterocycles. The summed E-state index contributed by atoms with van der Waals surface area (Å²) >= 11 is 0. The monoisotopic (exact) mass is 256 g/mol. The molecular formula is C11H7F3N2O2. The topological polar surface area (TPSA) is 58.6 Å². The number of rotatable bonds is 2. The molecule has 2 aromatic rings. The summed E-state index contributed by atoms with van der Waals surface area (Å²) in [5, 5.41) is 14.2. The third kappa shape index (κ3) is 2.20. The summed E-state index contributed by atoms with van der Waals surface area (Å²) < 4.78 is 43.3. The van der Waals surface area contributed by atoms with Gasteiger partial charge in [0.15, 0.2) is 5.76 Å². The fraction of sp³-hybridized carbons (Fsp3) is 0.0909. The van der Waals surface area contributed by atoms with E-state index in [1.165, 1.54) is 12.1 Å². The van der Waals surface area contributed by atoms with Gasteiger partial charge in [-0.15, -0.1) is 0 Å². The molecule has 0 amide bonds. The highest BCUT2D eigenvalue weighted by Crippen LogP contribution is 2.38. The first-order valence-corrected chi connectivity index (χ1v) is 4.83. The van der Waals surface area contributed by atoms with Crippen LogP contribution in [0.25, 0.3) is 11.3 Å². The highest BCUT2D eigenvalue weighted by Gasteiger charge is 2.40. The van der Waals surface area contributed by atoms with Crippen molar-refractivity contribution in [2.75, 3.05) is 0 Å². The number of benzene rings is 1. The minimum absolute atomic E-state index is 0.270. The summed E-state index contributed by atoms with van der Waals surface area (Å²) in [6, 6.07) is 7.81. The predicted molar refractivity (Wildman–Crippen MR) is 56.3 cm³/mol. The lowest BCUT2D eigenvalue weighted by Gasteiger charge is -2.06. The second-order valence-corrected chi connectivity index (χ2v) is 3.38. The first-order valence-electron chi connectivity index (χ1n) is 4.83. The van der Waals surface area contributed by atoms with Crippen molar-refractivity contribution in [1.29, 1.82) is 0 Å². The minimum Gasteiger partial charge on any atom is -0.411 e. The van der Waals surface area contributed by atoms with E-state index in [0.717, 1.165) is 0 Å². The molecule has 0 saturated carbocycles. The number of aromatic nitrogens is 1. The van der Waals surface area contributed by atoms with Crippen LogP contribution in [0.1, 0.15) is 11.3 Å². The van der Waals surface area contributed by atoms with Gasteiger partial charge >= 0.3 is 6.18 Å². The van der Waals surface area contributed by atoms with Crippen LogP contribution in [-0.4, -0.2) is 16.6 Å². The molecule has 1 aromatic carbocycles. The van der Waals surface area contributed by atoms with Crippen molar-refractivity contribution in [2.24, 2.45) is 5.16 Å². The number of nitrogens with zero attached hydrogens (tertiary/aromatic N) is 2. The van der Waals surface area contributed by atoms with E-state index >= 15 is 0 Å². The van der Waals surface area contributed by atoms with Gasteiger partial charge in [-0.1, -0.05) is 40.6 Å². The Bertz CT molecular complexity index is 561. The fourth-order valence-electron chi connectivity index (χ4n) is 1.51. The molecule has 0 unspecified atom stereocenters. The molecule has 2 rings (SSSR count). The van der Waals surface area contributed by atoms with E-state index in [4.69, 9.17) is 5.21 Å². The van der Waals surface area contributed by atoms with E-state index < -0.39 is 17.5 Å². The molecule has 1 heterocycles. The third-order valence-electron chi connectivity index (χ3n) is 2.22. The van der Waals surface area contributed by atoms with Crippen LogP contribution >= 0.6 is 0 Å². The Hall–Kier alpha value is -2.31. The fourth-order valence-corrected chi connectivity index (χ4v) is 1.51. The summed E-state index contributed by atoms with van der Waals surface area (Å²) in [5.74, 6) is -0.635. The first-order chi connectivity index (χ1) is 8.54. The zero-order valence-electron chi connectivity index (χ0n) is 8.85. The maximum atomic E-state index is 12.9. The smallest absolute Gasteiger partial charge is 0.411 e. The van der Waals surface area contributed by atoms with Crippen LogP contribution in [-0.2, 0) is 6.18 Å². The molecule has 18 heavy (non-hydrogen) atoms. The van der Waals surface area contributed by atoms with Crippen molar-refractivity contribution in [1.82, 2.24) is 5.16 Å². The number of alkyl halides is 3. The standard InChI is InChI=1S/C11H7F3N2O2/c12-11(13,14)9-8(6-15-17)18-16-10(9)7-4-2-1-3-5-7/h1-6,17H/b15-6+. The zero-order valence-corrected chi connectivity index (χ0v) is 8.85. The lowest BCUT2D eigenvalue weighted by atomic mass is 10.1. The molecule has 0 aliphatic heterocycles. The lowest BCUT2D eigenvalue weighted by Crippen LogP contribution is -2.08. The maximum Gasteiger partial charge on any atom is 0.422 e. The van der Waals surface area contributed by atoms with Gasteiger partial charge in [-0.25, -0.2) is 0 Å². The Morgan fingerprint density at radius 3 is 2.44 bits per heavy atom. The molecule has 0 saturated heterocycles. The van der Waals surface area contributed by atoms with Gasteiger partial charge in [0, 0.05) is 5.56 Å². The van der Waals surface area contributed by atoms with Gasteiger partial charge in [-0.3, -0.25) is 0 Å². The highest BCUT2D eigenvalue weighted by molar-refractivity contribution is 5.81. The second-order valence-electron chi connectivity index (χ2n) is 3.38. The van der Waals surface area contributed by atoms with Crippen LogP contribution in [0.2, 0.25) is 0 Å². The van der Waals surface area contributed by atoms with Gasteiger partial charge in [-0.2, -0.15) is 13.2 Å². The first kappa shape index (κ1) is 12.2. The van der Waals surface area contributed by atoms with Crippen molar-refractivity contribution in [2.45, 2.75) is 6.18 Å². The van der Waals surface area contributed by atoms with E-state index in [1.807, 2.05) is 0 Å². The average molecular weight is 256 g/mol. The zero-order chi connectivity index (χ0) is 13.2. The number of hydrogen-bond donors (Lipinski definition) is 1. The van der Waals surface area contributed by atoms with Gasteiger partial charge in [-0.05, 0) is 0 Å². The van der Waals surface area contributed by atoms with E-state index in [1.54, 1.807) is 18.2 Å². The summed E-state index contributed by atoms with van der Waals surface area (Å²) in [4.78, 5) is 0. The highest BCUT2D eigenvalue weighted by atomic mass is 19.4. The van der Waals surface area contributed by atoms with Crippen molar-refractivity contribution < 1.29 is 22.9 Å². The Morgan fingerprint density at radius 1 is 1.22 bits per heavy atom. The Balaban J connectivity index is 2.63. The maximum absolute atomic E-state index is 12.9. The van der Waals surface area contributed by atoms with Gasteiger partial charge in [0.2, 0.25) is 0 Å². The van der Waals surface area contributed by atoms with E-state index in [0.29, 0.717) is 6.21 Å². The van der Waals surface area contributed by atoms with Crippen molar-refractivity contribution >= 4 is 6.21 Å². The van der Waals surface area contributed by atoms with E-state index in [9.17, 15) is 13.2 Å². The predicted octanol–water partition coefficient (Wildman–Crippen LogP) is 3.17. The second kappa shape index (κ2) is 4.52. The lowest BCUT2D eigenvalue weighted by molar-refractivity contribution is -0.137. The van der Waals surface area contributed by atoms with Gasteiger partial charge in [0.05, 0.1) is 0 Å². The SMILES string of the molecule is O/N=C/c1onc(-c2ccccc2)c1C(F)(F)F. The molecule has 0 radical (unpaired) electrons. The van der Waals surface area contributed by atoms with Crippen LogP contribution in [0, 0.1) is 0 Å². The van der Waals surface area contributed by atoms with Crippen molar-refractivity contribution in [3.8, 4) is 11.3 Å². The van der Waals surface area contributed by atoms with Crippen LogP contribution in [0.3, 0.4) is 0 Å². The Labute approximate surface area is 99.3 Å². The summed E-state index contributed by atoms with van der Waals surface area (Å²) in [6.07, 6.45) is -4.09. The molecule has 0 spiro atoms. The normalized spacial score (nSPS) is 12.2. The molecule has 94 valence electrons. The quantitative estimate of drug-likeness (QED) is 0.510. The van der Waals surface area contributed by atoms with Crippen molar-refractivity contribution in [3.05, 3.63) is 41.7 Å². The van der Waals surface area contributed by atoms with Crippen LogP contribution in [0.15, 0.2) is 40.0 Å². The molecule has 7 heteroatoms. The number of hydrogen-bond acceptors (Lipinski definition) is 4. The Morgan fingerprint density at radius 2 is 1.89 bits per heavy atom. The molecule has 0 fully saturated rings. The largest absolute Gasteiger partial charge is 0.422 e. The van der Waals surface area contributed by atoms with Gasteiger partial charge < -0.3 is 9.73 Å². The molecule has 1 N–H and O–H groups in total. The van der Waals surface area contributed by atoms with Crippen LogP contribution < -0.4 is 0 Å². The van der Waals surface area contributed by atoms with Gasteiger partial charge in [0.1, 0.15) is 17.5 Å². The van der Waals surface area contributed by atoms with E-state index in [2.05, 4.69) is 14.8 Å². The average Bonchev–Trinajstić information content (AvgIpc) is 2.74. The molecular weight excluding hydrogens is 249 g/mol. The summed E-state index contributed by atoms with van der Waals surface area (Å²) in [7, 11) is 0. The number of oxime groups is 1. The van der Waals surface area contributed by atoms with Crippen LogP contribution in [0.4, 0.5) is 13.2 Å². The van der Waals surface area contributed by atoms with Crippen LogP contribution in [0.5, 0.6) is 0 Å². The van der Waals surface area contributed by atoms with E-state index in [-0.39, 0.29) is 11.3 Å². The molecule has 0 aliphatic carbocycles. The summed E-state index contributed by atoms with van der Waals surface area (Å²) in [6.45, 7) is 0. The van der Waals surface area contributed by atoms with Gasteiger partial charge in [0.25, 0.3) is 0 Å². The minimum atomic E-state index is -4.65. The molecule has 0 atom stereocenters. The van der Waals surface area contributed by atoms with Crippen molar-refractivity contribution in [3.63, 3.8) is 0 Å². The number of halogens is 3. The Kier molecular flexibility index (Phi) is 3.05. The molecule has 0 aliphatic rings. The third-order valence-corrected chi connectivity index (χ3v) is 2.22. The summed E-state index contributed by atoms with van der Waals surface area (Å²) in [5.41, 5.74) is -1.13. The molecule has 0 bridgehead atoms. The molecule has 4 nitrogen and oxygen atoms in total.